The van der Waals surface area contributed by atoms with Crippen LogP contribution in [-0.2, 0) is 17.8 Å². The van der Waals surface area contributed by atoms with Gasteiger partial charge in [0.25, 0.3) is 0 Å². The summed E-state index contributed by atoms with van der Waals surface area (Å²) in [5.74, 6) is -0.843. The summed E-state index contributed by atoms with van der Waals surface area (Å²) in [4.78, 5) is 10.3. The van der Waals surface area contributed by atoms with E-state index in [1.807, 2.05) is 0 Å². The normalized spacial score (nSPS) is 11.5. The smallest absolute Gasteiger partial charge is 0.335 e. The monoisotopic (exact) mass is 615 g/mol. The highest BCUT2D eigenvalue weighted by atomic mass is 79.9. The third-order valence-corrected chi connectivity index (χ3v) is 6.86. The van der Waals surface area contributed by atoms with E-state index in [1.165, 1.54) is 18.1 Å². The first-order valence-corrected chi connectivity index (χ1v) is 14.6. The number of aryl methyl sites for hydroxylation is 1. The summed E-state index contributed by atoms with van der Waals surface area (Å²) in [6.07, 6.45) is 7.24. The minimum Gasteiger partial charge on any atom is -0.508 e. The molecule has 0 saturated heterocycles. The number of nitrogens with one attached hydrogen (secondary N) is 1. The maximum atomic E-state index is 10.3. The van der Waals surface area contributed by atoms with Crippen LogP contribution in [0.3, 0.4) is 0 Å². The van der Waals surface area contributed by atoms with Gasteiger partial charge < -0.3 is 30.5 Å². The number of aromatic hydroxyl groups is 1. The number of ether oxygens (including phenoxy) is 1. The summed E-state index contributed by atoms with van der Waals surface area (Å²) in [7, 11) is 0. The zero-order chi connectivity index (χ0) is 29.0. The average molecular weight is 617 g/mol. The number of unbranched alkanes of at least 4 members (excludes halogenated alkanes) is 4. The molecular weight excluding hydrogens is 574 g/mol. The van der Waals surface area contributed by atoms with Gasteiger partial charge in [-0.15, -0.1) is 0 Å². The van der Waals surface area contributed by atoms with Gasteiger partial charge in [-0.3, -0.25) is 0 Å². The summed E-state index contributed by atoms with van der Waals surface area (Å²) < 4.78 is 6.61. The average Bonchev–Trinajstić information content (AvgIpc) is 2.96. The predicted octanol–water partition coefficient (Wildman–Crippen LogP) is 6.25. The van der Waals surface area contributed by atoms with E-state index in [1.54, 1.807) is 36.4 Å². The van der Waals surface area contributed by atoms with Crippen LogP contribution in [0.4, 0.5) is 0 Å². The van der Waals surface area contributed by atoms with E-state index in [-0.39, 0.29) is 12.4 Å². The van der Waals surface area contributed by atoms with Crippen molar-refractivity contribution in [1.82, 2.24) is 5.32 Å². The number of hydrogen-bond donors (Lipinski definition) is 5. The highest BCUT2D eigenvalue weighted by Gasteiger charge is 2.09. The van der Waals surface area contributed by atoms with Crippen LogP contribution in [0, 0.1) is 0 Å². The maximum Gasteiger partial charge on any atom is 0.335 e. The number of hydrogen-bond acceptors (Lipinski definition) is 6. The van der Waals surface area contributed by atoms with Gasteiger partial charge in [0.15, 0.2) is 0 Å². The van der Waals surface area contributed by atoms with E-state index in [9.17, 15) is 20.1 Å². The van der Waals surface area contributed by atoms with Gasteiger partial charge in [-0.2, -0.15) is 0 Å². The third kappa shape index (κ3) is 14.1. The van der Waals surface area contributed by atoms with E-state index < -0.39 is 12.1 Å². The van der Waals surface area contributed by atoms with Crippen LogP contribution in [0.5, 0.6) is 5.75 Å². The lowest BCUT2D eigenvalue weighted by Gasteiger charge is -2.14. The first kappa shape index (κ1) is 33.5. The molecule has 0 heterocycles. The summed E-state index contributed by atoms with van der Waals surface area (Å²) in [6.45, 7) is 2.77. The molecule has 5 N–H and O–H groups in total. The number of carboxylic acids is 1. The van der Waals surface area contributed by atoms with Gasteiger partial charge in [-0.05, 0) is 86.2 Å². The fraction of sp³-hybridized carbons (Fsp3) is 0.406. The Morgan fingerprint density at radius 1 is 0.875 bits per heavy atom. The second kappa shape index (κ2) is 20.2. The zero-order valence-electron chi connectivity index (χ0n) is 23.0. The van der Waals surface area contributed by atoms with Crippen molar-refractivity contribution in [3.8, 4) is 5.75 Å². The Kier molecular flexibility index (Phi) is 16.9. The molecule has 40 heavy (non-hydrogen) atoms. The number of carbonyl (C=O) groups is 1. The van der Waals surface area contributed by atoms with Crippen molar-refractivity contribution in [2.75, 3.05) is 26.3 Å². The molecule has 0 bridgehead atoms. The molecule has 1 atom stereocenters. The Hall–Kier alpha value is -2.75. The van der Waals surface area contributed by atoms with E-state index in [2.05, 4.69) is 51.6 Å². The molecular formula is C32H42BrNO6. The van der Waals surface area contributed by atoms with Crippen LogP contribution in [-0.4, -0.2) is 52.7 Å². The first-order valence-electron chi connectivity index (χ1n) is 13.8. The second-order valence-electron chi connectivity index (χ2n) is 9.55. The van der Waals surface area contributed by atoms with E-state index >= 15 is 0 Å². The molecule has 7 nitrogen and oxygen atoms in total. The minimum atomic E-state index is -0.896. The summed E-state index contributed by atoms with van der Waals surface area (Å²) in [5, 5.41) is 40.7. The van der Waals surface area contributed by atoms with Crippen LogP contribution in [0.2, 0.25) is 0 Å². The SMILES string of the molecule is O=C(O)c1ccc(Br)cc1.OCc1cc(C(O)CNCCCCCCOCCCCc2ccccc2)ccc1O. The molecule has 0 aliphatic rings. The Morgan fingerprint density at radius 3 is 2.23 bits per heavy atom. The van der Waals surface area contributed by atoms with Crippen LogP contribution in [0.1, 0.15) is 71.7 Å². The number of aromatic carboxylic acids is 1. The summed E-state index contributed by atoms with van der Waals surface area (Å²) >= 11 is 3.20. The Bertz CT molecular complexity index is 1090. The van der Waals surface area contributed by atoms with Crippen molar-refractivity contribution in [1.29, 1.82) is 0 Å². The fourth-order valence-corrected chi connectivity index (χ4v) is 4.24. The number of rotatable bonds is 17. The third-order valence-electron chi connectivity index (χ3n) is 6.33. The molecule has 0 fully saturated rings. The molecule has 0 spiro atoms. The number of halogens is 1. The van der Waals surface area contributed by atoms with Crippen LogP contribution < -0.4 is 5.32 Å². The van der Waals surface area contributed by atoms with Crippen molar-refractivity contribution >= 4 is 21.9 Å². The molecule has 0 amide bonds. The molecule has 0 aromatic heterocycles. The van der Waals surface area contributed by atoms with E-state index in [0.717, 1.165) is 62.8 Å². The topological polar surface area (TPSA) is 119 Å². The highest BCUT2D eigenvalue weighted by molar-refractivity contribution is 9.10. The summed E-state index contributed by atoms with van der Waals surface area (Å²) in [5.41, 5.74) is 2.84. The number of carboxylic acid groups (broad SMARTS) is 1. The molecule has 0 aliphatic carbocycles. The number of benzene rings is 3. The van der Waals surface area contributed by atoms with Gasteiger partial charge in [0.05, 0.1) is 18.3 Å². The minimum absolute atomic E-state index is 0.0533. The lowest BCUT2D eigenvalue weighted by Crippen LogP contribution is -2.22. The van der Waals surface area contributed by atoms with Crippen LogP contribution >= 0.6 is 15.9 Å². The van der Waals surface area contributed by atoms with Gasteiger partial charge in [-0.25, -0.2) is 4.79 Å². The first-order chi connectivity index (χ1) is 19.4. The quantitative estimate of drug-likeness (QED) is 0.114. The van der Waals surface area contributed by atoms with E-state index in [4.69, 9.17) is 9.84 Å². The zero-order valence-corrected chi connectivity index (χ0v) is 24.6. The molecule has 3 aromatic rings. The Balaban J connectivity index is 0.000000469. The van der Waals surface area contributed by atoms with Gasteiger partial charge in [0, 0.05) is 29.8 Å². The Morgan fingerprint density at radius 2 is 1.55 bits per heavy atom. The molecule has 0 saturated carbocycles. The van der Waals surface area contributed by atoms with Crippen molar-refractivity contribution < 1.29 is 30.0 Å². The van der Waals surface area contributed by atoms with Crippen molar-refractivity contribution in [2.24, 2.45) is 0 Å². The van der Waals surface area contributed by atoms with Crippen molar-refractivity contribution in [3.63, 3.8) is 0 Å². The van der Waals surface area contributed by atoms with Gasteiger partial charge >= 0.3 is 5.97 Å². The fourth-order valence-electron chi connectivity index (χ4n) is 3.98. The standard InChI is InChI=1S/C25H37NO4.C7H5BrO2/c27-20-23-18-22(13-14-24(23)28)25(29)19-26-15-7-1-2-8-16-30-17-9-6-12-21-10-4-3-5-11-21;8-6-3-1-5(2-4-6)7(9)10/h3-5,10-11,13-14,18,25-29H,1-2,6-9,12,15-17,19-20H2;1-4H,(H,9,10). The number of aliphatic hydroxyl groups is 2. The molecule has 218 valence electrons. The van der Waals surface area contributed by atoms with Crippen LogP contribution in [0.25, 0.3) is 0 Å². The molecule has 1 unspecified atom stereocenters. The van der Waals surface area contributed by atoms with Crippen molar-refractivity contribution in [3.05, 3.63) is 99.5 Å². The highest BCUT2D eigenvalue weighted by Crippen LogP contribution is 2.22. The van der Waals surface area contributed by atoms with Crippen molar-refractivity contribution in [2.45, 2.75) is 57.7 Å². The number of phenols is 1. The summed E-state index contributed by atoms with van der Waals surface area (Å²) in [6, 6.07) is 21.9. The van der Waals surface area contributed by atoms with E-state index in [0.29, 0.717) is 23.2 Å². The maximum absolute atomic E-state index is 10.3. The molecule has 0 radical (unpaired) electrons. The second-order valence-corrected chi connectivity index (χ2v) is 10.5. The molecule has 3 aromatic carbocycles. The molecule has 8 heteroatoms. The van der Waals surface area contributed by atoms with Gasteiger partial charge in [0.1, 0.15) is 5.75 Å². The predicted molar refractivity (Wildman–Crippen MR) is 162 cm³/mol. The van der Waals surface area contributed by atoms with Gasteiger partial charge in [-0.1, -0.05) is 65.2 Å². The van der Waals surface area contributed by atoms with Crippen LogP contribution in [0.15, 0.2) is 77.3 Å². The molecule has 0 aliphatic heterocycles. The number of aliphatic hydroxyl groups excluding tert-OH is 2. The Labute approximate surface area is 246 Å². The van der Waals surface area contributed by atoms with Gasteiger partial charge in [0.2, 0.25) is 0 Å². The largest absolute Gasteiger partial charge is 0.508 e. The molecule has 3 rings (SSSR count). The lowest BCUT2D eigenvalue weighted by molar-refractivity contribution is 0.0697. The lowest BCUT2D eigenvalue weighted by atomic mass is 10.1.